The van der Waals surface area contributed by atoms with Crippen molar-refractivity contribution in [1.82, 2.24) is 0 Å². The molecule has 0 aliphatic carbocycles. The first-order valence-electron chi connectivity index (χ1n) is 12.2. The van der Waals surface area contributed by atoms with Crippen LogP contribution >= 0.6 is 0 Å². The molecule has 34 heavy (non-hydrogen) atoms. The smallest absolute Gasteiger partial charge is 0.314 e. The highest BCUT2D eigenvalue weighted by atomic mass is 19.1. The molecule has 0 saturated heterocycles. The number of carboxylic acids is 1. The third-order valence-corrected chi connectivity index (χ3v) is 6.70. The Bertz CT molecular complexity index is 1020. The Morgan fingerprint density at radius 3 is 2.12 bits per heavy atom. The summed E-state index contributed by atoms with van der Waals surface area (Å²) in [7, 11) is 0. The first kappa shape index (κ1) is 25.6. The van der Waals surface area contributed by atoms with Crippen LogP contribution in [0, 0.1) is 11.7 Å². The van der Waals surface area contributed by atoms with Crippen LogP contribution in [0.2, 0.25) is 0 Å². The van der Waals surface area contributed by atoms with Gasteiger partial charge >= 0.3 is 5.97 Å². The normalized spacial score (nSPS) is 13.9. The lowest BCUT2D eigenvalue weighted by molar-refractivity contribution is -0.145. The van der Waals surface area contributed by atoms with Crippen LogP contribution in [0.25, 0.3) is 11.1 Å². The molecular formula is C30H35FO3. The molecule has 3 aromatic rings. The molecular weight excluding hydrogens is 427 g/mol. The van der Waals surface area contributed by atoms with E-state index in [0.717, 1.165) is 41.5 Å². The Hall–Kier alpha value is -2.98. The van der Waals surface area contributed by atoms with Gasteiger partial charge in [0.25, 0.3) is 0 Å². The van der Waals surface area contributed by atoms with Gasteiger partial charge in [0.05, 0.1) is 12.0 Å². The fourth-order valence-electron chi connectivity index (χ4n) is 4.60. The molecule has 0 saturated carbocycles. The van der Waals surface area contributed by atoms with E-state index in [4.69, 9.17) is 4.74 Å². The van der Waals surface area contributed by atoms with Crippen molar-refractivity contribution < 1.29 is 19.0 Å². The van der Waals surface area contributed by atoms with Crippen molar-refractivity contribution in [2.45, 2.75) is 58.0 Å². The maximum atomic E-state index is 13.3. The van der Waals surface area contributed by atoms with E-state index in [2.05, 4.69) is 6.92 Å². The Balaban J connectivity index is 1.79. The average molecular weight is 463 g/mol. The minimum Gasteiger partial charge on any atom is -0.481 e. The van der Waals surface area contributed by atoms with Gasteiger partial charge in [-0.15, -0.1) is 0 Å². The number of carbonyl (C=O) groups is 1. The van der Waals surface area contributed by atoms with Gasteiger partial charge in [-0.1, -0.05) is 93.4 Å². The molecule has 0 spiro atoms. The molecule has 2 unspecified atom stereocenters. The van der Waals surface area contributed by atoms with Gasteiger partial charge in [-0.2, -0.15) is 0 Å². The lowest BCUT2D eigenvalue weighted by Crippen LogP contribution is -2.38. The van der Waals surface area contributed by atoms with Gasteiger partial charge in [0.15, 0.2) is 0 Å². The number of benzene rings is 3. The third kappa shape index (κ3) is 6.54. The minimum atomic E-state index is -0.976. The maximum absolute atomic E-state index is 13.3. The van der Waals surface area contributed by atoms with Gasteiger partial charge < -0.3 is 9.84 Å². The third-order valence-electron chi connectivity index (χ3n) is 6.70. The second-order valence-electron chi connectivity index (χ2n) is 9.04. The first-order chi connectivity index (χ1) is 16.5. The van der Waals surface area contributed by atoms with Gasteiger partial charge in [0, 0.05) is 6.61 Å². The Labute approximate surface area is 202 Å². The molecule has 0 fully saturated rings. The van der Waals surface area contributed by atoms with Crippen LogP contribution in [0.15, 0.2) is 78.9 Å². The molecule has 3 nitrogen and oxygen atoms in total. The molecule has 0 aromatic heterocycles. The molecule has 0 heterocycles. The predicted molar refractivity (Wildman–Crippen MR) is 135 cm³/mol. The SMILES string of the molecule is CCCCC(COCc1ccccc1)CC(CC)(C(=O)O)c1ccc(-c2ccc(F)cc2)cc1. The van der Waals surface area contributed by atoms with Gasteiger partial charge in [-0.05, 0) is 59.6 Å². The second kappa shape index (κ2) is 12.5. The zero-order chi connectivity index (χ0) is 24.4. The van der Waals surface area contributed by atoms with E-state index in [1.807, 2.05) is 61.5 Å². The van der Waals surface area contributed by atoms with E-state index < -0.39 is 11.4 Å². The number of ether oxygens (including phenoxy) is 1. The van der Waals surface area contributed by atoms with E-state index in [1.165, 1.54) is 12.1 Å². The molecule has 0 radical (unpaired) electrons. The molecule has 0 aliphatic heterocycles. The van der Waals surface area contributed by atoms with Gasteiger partial charge in [0.2, 0.25) is 0 Å². The van der Waals surface area contributed by atoms with E-state index in [1.54, 1.807) is 12.1 Å². The van der Waals surface area contributed by atoms with Crippen LogP contribution in [0.4, 0.5) is 4.39 Å². The fraction of sp³-hybridized carbons (Fsp3) is 0.367. The number of halogens is 1. The van der Waals surface area contributed by atoms with Crippen molar-refractivity contribution in [1.29, 1.82) is 0 Å². The predicted octanol–water partition coefficient (Wildman–Crippen LogP) is 7.64. The zero-order valence-corrected chi connectivity index (χ0v) is 20.2. The molecule has 180 valence electrons. The number of hydrogen-bond acceptors (Lipinski definition) is 2. The summed E-state index contributed by atoms with van der Waals surface area (Å²) in [6.45, 7) is 5.17. The monoisotopic (exact) mass is 462 g/mol. The largest absolute Gasteiger partial charge is 0.481 e. The highest BCUT2D eigenvalue weighted by Gasteiger charge is 2.40. The van der Waals surface area contributed by atoms with Gasteiger partial charge in [-0.25, -0.2) is 4.39 Å². The first-order valence-corrected chi connectivity index (χ1v) is 12.2. The quantitative estimate of drug-likeness (QED) is 0.284. The lowest BCUT2D eigenvalue weighted by atomic mass is 9.71. The molecule has 3 rings (SSSR count). The lowest BCUT2D eigenvalue weighted by Gasteiger charge is -2.33. The molecule has 3 aromatic carbocycles. The standard InChI is InChI=1S/C30H35FO3/c1-3-5-9-24(22-34-21-23-10-7-6-8-11-23)20-30(4-2,29(32)33)27-16-12-25(13-17-27)26-14-18-28(31)19-15-26/h6-8,10-19,24H,3-5,9,20-22H2,1-2H3,(H,32,33). The molecule has 2 atom stereocenters. The molecule has 0 aliphatic rings. The number of unbranched alkanes of at least 4 members (excludes halogenated alkanes) is 1. The van der Waals surface area contributed by atoms with Crippen LogP contribution in [-0.2, 0) is 21.6 Å². The fourth-order valence-corrected chi connectivity index (χ4v) is 4.60. The minimum absolute atomic E-state index is 0.150. The summed E-state index contributed by atoms with van der Waals surface area (Å²) < 4.78 is 19.3. The van der Waals surface area contributed by atoms with Crippen molar-refractivity contribution >= 4 is 5.97 Å². The van der Waals surface area contributed by atoms with Crippen molar-refractivity contribution in [2.24, 2.45) is 5.92 Å². The summed E-state index contributed by atoms with van der Waals surface area (Å²) in [5.41, 5.74) is 2.79. The van der Waals surface area contributed by atoms with Crippen molar-refractivity contribution in [3.05, 3.63) is 95.8 Å². The Morgan fingerprint density at radius 1 is 0.941 bits per heavy atom. The van der Waals surface area contributed by atoms with Gasteiger partial charge in [-0.3, -0.25) is 4.79 Å². The zero-order valence-electron chi connectivity index (χ0n) is 20.2. The van der Waals surface area contributed by atoms with E-state index in [0.29, 0.717) is 26.1 Å². The number of aliphatic carboxylic acids is 1. The van der Waals surface area contributed by atoms with Crippen LogP contribution in [0.3, 0.4) is 0 Å². The van der Waals surface area contributed by atoms with E-state index in [9.17, 15) is 14.3 Å². The Morgan fingerprint density at radius 2 is 1.56 bits per heavy atom. The number of rotatable bonds is 13. The molecule has 4 heteroatoms. The summed E-state index contributed by atoms with van der Waals surface area (Å²) in [4.78, 5) is 12.7. The summed E-state index contributed by atoms with van der Waals surface area (Å²) in [5, 5.41) is 10.4. The van der Waals surface area contributed by atoms with Crippen LogP contribution in [-0.4, -0.2) is 17.7 Å². The molecule has 0 bridgehead atoms. The van der Waals surface area contributed by atoms with Crippen molar-refractivity contribution in [3.63, 3.8) is 0 Å². The molecule has 0 amide bonds. The topological polar surface area (TPSA) is 46.5 Å². The number of hydrogen-bond donors (Lipinski definition) is 1. The summed E-state index contributed by atoms with van der Waals surface area (Å²) in [5.74, 6) is -0.922. The van der Waals surface area contributed by atoms with E-state index >= 15 is 0 Å². The highest BCUT2D eigenvalue weighted by molar-refractivity contribution is 5.81. The maximum Gasteiger partial charge on any atom is 0.314 e. The van der Waals surface area contributed by atoms with Crippen LogP contribution in [0.1, 0.15) is 57.1 Å². The summed E-state index contributed by atoms with van der Waals surface area (Å²) >= 11 is 0. The number of carboxylic acid groups (broad SMARTS) is 1. The van der Waals surface area contributed by atoms with Gasteiger partial charge in [0.1, 0.15) is 5.82 Å². The van der Waals surface area contributed by atoms with Crippen LogP contribution in [0.5, 0.6) is 0 Å². The molecule has 1 N–H and O–H groups in total. The van der Waals surface area contributed by atoms with E-state index in [-0.39, 0.29) is 11.7 Å². The summed E-state index contributed by atoms with van der Waals surface area (Å²) in [6, 6.07) is 24.1. The van der Waals surface area contributed by atoms with Crippen molar-refractivity contribution in [2.75, 3.05) is 6.61 Å². The van der Waals surface area contributed by atoms with Crippen molar-refractivity contribution in [3.8, 4) is 11.1 Å². The second-order valence-corrected chi connectivity index (χ2v) is 9.04. The average Bonchev–Trinajstić information content (AvgIpc) is 2.86. The highest BCUT2D eigenvalue weighted by Crippen LogP contribution is 2.38. The summed E-state index contributed by atoms with van der Waals surface area (Å²) in [6.07, 6.45) is 4.08. The van der Waals surface area contributed by atoms with Crippen LogP contribution < -0.4 is 0 Å². The Kier molecular flexibility index (Phi) is 9.41.